The van der Waals surface area contributed by atoms with Gasteiger partial charge in [0, 0.05) is 32.8 Å². The molecule has 2 fully saturated rings. The van der Waals surface area contributed by atoms with Gasteiger partial charge in [-0.3, -0.25) is 4.90 Å². The van der Waals surface area contributed by atoms with Gasteiger partial charge in [0.15, 0.2) is 0 Å². The molecule has 0 spiro atoms. The quantitative estimate of drug-likeness (QED) is 0.783. The standard InChI is InChI=1S/C14H28N2O2/c1-13(17)4-3-7-16(11-13)12-14(10-15-2)5-8-18-9-6-14/h15,17H,3-12H2,1-2H3. The van der Waals surface area contributed by atoms with Crippen LogP contribution in [0.5, 0.6) is 0 Å². The second-order valence-electron chi connectivity index (χ2n) is 6.45. The fraction of sp³-hybridized carbons (Fsp3) is 1.00. The van der Waals surface area contributed by atoms with E-state index in [-0.39, 0.29) is 0 Å². The molecule has 2 aliphatic rings. The molecule has 4 nitrogen and oxygen atoms in total. The van der Waals surface area contributed by atoms with E-state index in [1.54, 1.807) is 0 Å². The minimum Gasteiger partial charge on any atom is -0.389 e. The van der Waals surface area contributed by atoms with Crippen LogP contribution in [0.15, 0.2) is 0 Å². The summed E-state index contributed by atoms with van der Waals surface area (Å²) in [6, 6.07) is 0. The fourth-order valence-corrected chi connectivity index (χ4v) is 3.50. The maximum absolute atomic E-state index is 10.2. The van der Waals surface area contributed by atoms with Gasteiger partial charge in [-0.1, -0.05) is 0 Å². The van der Waals surface area contributed by atoms with Crippen molar-refractivity contribution in [1.82, 2.24) is 10.2 Å². The Hall–Kier alpha value is -0.160. The lowest BCUT2D eigenvalue weighted by Gasteiger charge is -2.45. The SMILES string of the molecule is CNCC1(CN2CCCC(C)(O)C2)CCOCC1. The van der Waals surface area contributed by atoms with Gasteiger partial charge in [0.25, 0.3) is 0 Å². The average Bonchev–Trinajstić information content (AvgIpc) is 2.29. The molecule has 2 heterocycles. The highest BCUT2D eigenvalue weighted by Crippen LogP contribution is 2.32. The fourth-order valence-electron chi connectivity index (χ4n) is 3.50. The molecule has 2 N–H and O–H groups in total. The molecular formula is C14H28N2O2. The van der Waals surface area contributed by atoms with Crippen LogP contribution in [0, 0.1) is 5.41 Å². The van der Waals surface area contributed by atoms with Crippen molar-refractivity contribution in [3.8, 4) is 0 Å². The molecule has 106 valence electrons. The molecule has 2 aliphatic heterocycles. The Morgan fingerprint density at radius 2 is 2.00 bits per heavy atom. The van der Waals surface area contributed by atoms with Crippen molar-refractivity contribution in [2.75, 3.05) is 46.4 Å². The van der Waals surface area contributed by atoms with E-state index >= 15 is 0 Å². The Kier molecular flexibility index (Phi) is 4.64. The number of β-amino-alcohol motifs (C(OH)–C–C–N with tert-alkyl or cyclic N) is 1. The highest BCUT2D eigenvalue weighted by atomic mass is 16.5. The molecule has 0 saturated carbocycles. The first-order valence-electron chi connectivity index (χ1n) is 7.22. The number of ether oxygens (including phenoxy) is 1. The Morgan fingerprint density at radius 1 is 1.28 bits per heavy atom. The third-order valence-electron chi connectivity index (χ3n) is 4.42. The first-order chi connectivity index (χ1) is 8.55. The summed E-state index contributed by atoms with van der Waals surface area (Å²) in [5.74, 6) is 0. The molecule has 0 aromatic rings. The predicted octanol–water partition coefficient (Wildman–Crippen LogP) is 0.849. The van der Waals surface area contributed by atoms with Crippen LogP contribution in [-0.4, -0.2) is 62.0 Å². The van der Waals surface area contributed by atoms with Gasteiger partial charge in [0.05, 0.1) is 5.60 Å². The van der Waals surface area contributed by atoms with Crippen LogP contribution in [0.3, 0.4) is 0 Å². The van der Waals surface area contributed by atoms with E-state index in [9.17, 15) is 5.11 Å². The number of aliphatic hydroxyl groups is 1. The Labute approximate surface area is 111 Å². The van der Waals surface area contributed by atoms with E-state index in [4.69, 9.17) is 4.74 Å². The van der Waals surface area contributed by atoms with Gasteiger partial charge in [-0.2, -0.15) is 0 Å². The predicted molar refractivity (Wildman–Crippen MR) is 72.7 cm³/mol. The zero-order valence-corrected chi connectivity index (χ0v) is 11.9. The first kappa shape index (κ1) is 14.3. The van der Waals surface area contributed by atoms with Crippen molar-refractivity contribution in [1.29, 1.82) is 0 Å². The molecule has 1 unspecified atom stereocenters. The van der Waals surface area contributed by atoms with Crippen molar-refractivity contribution < 1.29 is 9.84 Å². The summed E-state index contributed by atoms with van der Waals surface area (Å²) < 4.78 is 5.51. The van der Waals surface area contributed by atoms with Crippen molar-refractivity contribution in [3.05, 3.63) is 0 Å². The van der Waals surface area contributed by atoms with Crippen molar-refractivity contribution >= 4 is 0 Å². The highest BCUT2D eigenvalue weighted by Gasteiger charge is 2.37. The lowest BCUT2D eigenvalue weighted by atomic mass is 9.78. The summed E-state index contributed by atoms with van der Waals surface area (Å²) in [5.41, 5.74) is -0.162. The second kappa shape index (κ2) is 5.87. The largest absolute Gasteiger partial charge is 0.389 e. The summed E-state index contributed by atoms with van der Waals surface area (Å²) in [6.07, 6.45) is 4.31. The zero-order valence-electron chi connectivity index (χ0n) is 11.9. The van der Waals surface area contributed by atoms with Crippen molar-refractivity contribution in [3.63, 3.8) is 0 Å². The Bertz CT molecular complexity index is 257. The van der Waals surface area contributed by atoms with Crippen molar-refractivity contribution in [2.45, 2.75) is 38.2 Å². The molecule has 0 radical (unpaired) electrons. The summed E-state index contributed by atoms with van der Waals surface area (Å²) >= 11 is 0. The lowest BCUT2D eigenvalue weighted by molar-refractivity contribution is -0.0492. The highest BCUT2D eigenvalue weighted by molar-refractivity contribution is 4.91. The monoisotopic (exact) mass is 256 g/mol. The Morgan fingerprint density at radius 3 is 2.61 bits per heavy atom. The topological polar surface area (TPSA) is 44.7 Å². The number of rotatable bonds is 4. The zero-order chi connectivity index (χ0) is 13.1. The second-order valence-corrected chi connectivity index (χ2v) is 6.45. The van der Waals surface area contributed by atoms with Crippen LogP contribution < -0.4 is 5.32 Å². The number of likely N-dealkylation sites (tertiary alicyclic amines) is 1. The molecule has 0 aromatic carbocycles. The van der Waals surface area contributed by atoms with Gasteiger partial charge in [-0.15, -0.1) is 0 Å². The normalized spacial score (nSPS) is 33.5. The minimum atomic E-state index is -0.496. The van der Waals surface area contributed by atoms with E-state index in [1.807, 2.05) is 14.0 Å². The summed E-state index contributed by atoms with van der Waals surface area (Å²) in [7, 11) is 2.03. The third kappa shape index (κ3) is 3.67. The van der Waals surface area contributed by atoms with Crippen LogP contribution in [0.25, 0.3) is 0 Å². The number of piperidine rings is 1. The number of nitrogens with zero attached hydrogens (tertiary/aromatic N) is 1. The van der Waals surface area contributed by atoms with Gasteiger partial charge in [-0.25, -0.2) is 0 Å². The molecule has 0 bridgehead atoms. The molecule has 2 saturated heterocycles. The van der Waals surface area contributed by atoms with Crippen LogP contribution in [0.1, 0.15) is 32.6 Å². The minimum absolute atomic E-state index is 0.334. The molecule has 2 rings (SSSR count). The molecule has 0 aromatic heterocycles. The van der Waals surface area contributed by atoms with Crippen LogP contribution in [0.4, 0.5) is 0 Å². The number of nitrogens with one attached hydrogen (secondary N) is 1. The van der Waals surface area contributed by atoms with Crippen LogP contribution in [0.2, 0.25) is 0 Å². The van der Waals surface area contributed by atoms with E-state index in [2.05, 4.69) is 10.2 Å². The molecule has 0 amide bonds. The summed E-state index contributed by atoms with van der Waals surface area (Å²) in [6.45, 7) is 7.82. The Balaban J connectivity index is 1.95. The molecule has 18 heavy (non-hydrogen) atoms. The average molecular weight is 256 g/mol. The molecule has 1 atom stereocenters. The molecule has 0 aliphatic carbocycles. The number of hydrogen-bond acceptors (Lipinski definition) is 4. The van der Waals surface area contributed by atoms with Crippen LogP contribution in [-0.2, 0) is 4.74 Å². The molecule has 4 heteroatoms. The number of hydrogen-bond donors (Lipinski definition) is 2. The van der Waals surface area contributed by atoms with Gasteiger partial charge in [0.1, 0.15) is 0 Å². The van der Waals surface area contributed by atoms with Crippen molar-refractivity contribution in [2.24, 2.45) is 5.41 Å². The van der Waals surface area contributed by atoms with Gasteiger partial charge in [0.2, 0.25) is 0 Å². The van der Waals surface area contributed by atoms with Gasteiger partial charge in [-0.05, 0) is 51.6 Å². The van der Waals surface area contributed by atoms with E-state index in [1.165, 1.54) is 0 Å². The first-order valence-corrected chi connectivity index (χ1v) is 7.22. The summed E-state index contributed by atoms with van der Waals surface area (Å²) in [4.78, 5) is 2.45. The van der Waals surface area contributed by atoms with E-state index in [0.717, 1.165) is 65.1 Å². The third-order valence-corrected chi connectivity index (χ3v) is 4.42. The van der Waals surface area contributed by atoms with Gasteiger partial charge >= 0.3 is 0 Å². The van der Waals surface area contributed by atoms with E-state index < -0.39 is 5.60 Å². The molecular weight excluding hydrogens is 228 g/mol. The van der Waals surface area contributed by atoms with Crippen LogP contribution >= 0.6 is 0 Å². The lowest BCUT2D eigenvalue weighted by Crippen LogP contribution is -2.53. The maximum Gasteiger partial charge on any atom is 0.0746 e. The van der Waals surface area contributed by atoms with E-state index in [0.29, 0.717) is 5.41 Å². The van der Waals surface area contributed by atoms with Gasteiger partial charge < -0.3 is 15.2 Å². The maximum atomic E-state index is 10.2. The summed E-state index contributed by atoms with van der Waals surface area (Å²) in [5, 5.41) is 13.6. The smallest absolute Gasteiger partial charge is 0.0746 e.